The molecular formula is C20H18ClN3O4S. The minimum Gasteiger partial charge on any atom is -0.481 e. The van der Waals surface area contributed by atoms with Gasteiger partial charge in [-0.15, -0.1) is 11.3 Å². The second kappa shape index (κ2) is 9.02. The first-order valence-electron chi connectivity index (χ1n) is 8.66. The van der Waals surface area contributed by atoms with Crippen LogP contribution in [0.3, 0.4) is 0 Å². The fourth-order valence-electron chi connectivity index (χ4n) is 2.61. The van der Waals surface area contributed by atoms with E-state index in [2.05, 4.69) is 15.3 Å². The van der Waals surface area contributed by atoms with E-state index in [4.69, 9.17) is 21.4 Å². The molecule has 150 valence electrons. The van der Waals surface area contributed by atoms with Gasteiger partial charge in [-0.2, -0.15) is 0 Å². The maximum Gasteiger partial charge on any atom is 0.307 e. The summed E-state index contributed by atoms with van der Waals surface area (Å²) in [5, 5.41) is 12.1. The number of rotatable bonds is 7. The van der Waals surface area contributed by atoms with Crippen LogP contribution in [0.25, 0.3) is 10.7 Å². The number of thiophene rings is 1. The largest absolute Gasteiger partial charge is 0.481 e. The topological polar surface area (TPSA) is 101 Å². The second-order valence-electron chi connectivity index (χ2n) is 6.24. The maximum absolute atomic E-state index is 11.3. The molecule has 0 aliphatic carbocycles. The monoisotopic (exact) mass is 431 g/mol. The Morgan fingerprint density at radius 1 is 1.17 bits per heavy atom. The van der Waals surface area contributed by atoms with Crippen molar-refractivity contribution in [1.82, 2.24) is 9.97 Å². The number of halogens is 1. The number of nitrogens with one attached hydrogen (secondary N) is 1. The third kappa shape index (κ3) is 5.52. The normalized spacial score (nSPS) is 10.6. The summed E-state index contributed by atoms with van der Waals surface area (Å²) in [6.45, 7) is 3.19. The van der Waals surface area contributed by atoms with Crippen molar-refractivity contribution in [2.75, 3.05) is 5.32 Å². The number of hydrogen-bond donors (Lipinski definition) is 2. The molecule has 2 N–H and O–H groups in total. The van der Waals surface area contributed by atoms with Crippen LogP contribution in [0.15, 0.2) is 36.4 Å². The highest BCUT2D eigenvalue weighted by Crippen LogP contribution is 2.31. The van der Waals surface area contributed by atoms with Crippen LogP contribution in [0.1, 0.15) is 23.7 Å². The molecule has 0 saturated carbocycles. The van der Waals surface area contributed by atoms with Gasteiger partial charge in [0.15, 0.2) is 5.82 Å². The van der Waals surface area contributed by atoms with E-state index in [1.807, 2.05) is 13.0 Å². The van der Waals surface area contributed by atoms with E-state index in [1.165, 1.54) is 18.3 Å². The average Bonchev–Trinajstić information content (AvgIpc) is 3.08. The average molecular weight is 432 g/mol. The number of aryl methyl sites for hydroxylation is 1. The number of carbonyl (C=O) groups excluding carboxylic acids is 1. The molecule has 29 heavy (non-hydrogen) atoms. The SMILES string of the molecule is CC(=O)OCc1c(C)nc(-c2ccc(Cl)s2)nc1Nc1ccc(CC(=O)O)cc1. The number of carboxylic acid groups (broad SMARTS) is 1. The Hall–Kier alpha value is -2.97. The molecule has 0 atom stereocenters. The molecule has 2 heterocycles. The molecule has 0 amide bonds. The highest BCUT2D eigenvalue weighted by molar-refractivity contribution is 7.19. The van der Waals surface area contributed by atoms with E-state index in [9.17, 15) is 9.59 Å². The van der Waals surface area contributed by atoms with Crippen LogP contribution < -0.4 is 5.32 Å². The molecule has 3 aromatic rings. The standard InChI is InChI=1S/C20H18ClN3O4S/c1-11-15(10-28-12(2)25)19(24-20(22-11)16-7-8-17(21)29-16)23-14-5-3-13(4-6-14)9-18(26)27/h3-8H,9-10H2,1-2H3,(H,26,27)(H,22,23,24). The Morgan fingerprint density at radius 3 is 2.48 bits per heavy atom. The first kappa shape index (κ1) is 20.8. The summed E-state index contributed by atoms with van der Waals surface area (Å²) in [6.07, 6.45) is -0.0477. The summed E-state index contributed by atoms with van der Waals surface area (Å²) >= 11 is 7.40. The number of nitrogens with zero attached hydrogens (tertiary/aromatic N) is 2. The molecule has 0 radical (unpaired) electrons. The molecule has 0 fully saturated rings. The zero-order valence-corrected chi connectivity index (χ0v) is 17.3. The van der Waals surface area contributed by atoms with E-state index >= 15 is 0 Å². The van der Waals surface area contributed by atoms with Gasteiger partial charge in [0.1, 0.15) is 12.4 Å². The fourth-order valence-corrected chi connectivity index (χ4v) is 3.59. The van der Waals surface area contributed by atoms with Gasteiger partial charge in [0.05, 0.1) is 26.9 Å². The Balaban J connectivity index is 1.95. The minimum atomic E-state index is -0.889. The number of benzene rings is 1. The molecule has 0 aliphatic heterocycles. The number of aromatic nitrogens is 2. The number of hydrogen-bond acceptors (Lipinski definition) is 7. The van der Waals surface area contributed by atoms with Crippen LogP contribution in [0, 0.1) is 6.92 Å². The van der Waals surface area contributed by atoms with Crippen LogP contribution >= 0.6 is 22.9 Å². The van der Waals surface area contributed by atoms with E-state index in [-0.39, 0.29) is 13.0 Å². The van der Waals surface area contributed by atoms with Crippen molar-refractivity contribution >= 4 is 46.4 Å². The molecular weight excluding hydrogens is 414 g/mol. The fraction of sp³-hybridized carbons (Fsp3) is 0.200. The molecule has 0 unspecified atom stereocenters. The van der Waals surface area contributed by atoms with Crippen LogP contribution in [0.2, 0.25) is 4.34 Å². The number of aliphatic carboxylic acids is 1. The lowest BCUT2D eigenvalue weighted by atomic mass is 10.1. The predicted molar refractivity (Wildman–Crippen MR) is 112 cm³/mol. The van der Waals surface area contributed by atoms with Crippen molar-refractivity contribution in [2.45, 2.75) is 26.9 Å². The van der Waals surface area contributed by atoms with Gasteiger partial charge in [0, 0.05) is 12.6 Å². The van der Waals surface area contributed by atoms with Crippen LogP contribution in [-0.2, 0) is 27.4 Å². The van der Waals surface area contributed by atoms with Crippen LogP contribution in [0.4, 0.5) is 11.5 Å². The highest BCUT2D eigenvalue weighted by atomic mass is 35.5. The van der Waals surface area contributed by atoms with Crippen molar-refractivity contribution in [3.8, 4) is 10.7 Å². The highest BCUT2D eigenvalue weighted by Gasteiger charge is 2.16. The van der Waals surface area contributed by atoms with Crippen LogP contribution in [0.5, 0.6) is 0 Å². The first-order valence-corrected chi connectivity index (χ1v) is 9.85. The van der Waals surface area contributed by atoms with E-state index in [0.29, 0.717) is 32.8 Å². The van der Waals surface area contributed by atoms with Gasteiger partial charge in [-0.1, -0.05) is 23.7 Å². The zero-order valence-electron chi connectivity index (χ0n) is 15.7. The number of ether oxygens (including phenoxy) is 1. The molecule has 7 nitrogen and oxygen atoms in total. The van der Waals surface area contributed by atoms with Gasteiger partial charge in [0.25, 0.3) is 0 Å². The molecule has 0 spiro atoms. The van der Waals surface area contributed by atoms with Crippen molar-refractivity contribution in [1.29, 1.82) is 0 Å². The number of esters is 1. The predicted octanol–water partition coefficient (Wildman–Crippen LogP) is 4.60. The minimum absolute atomic E-state index is 0.0338. The Morgan fingerprint density at radius 2 is 1.90 bits per heavy atom. The summed E-state index contributed by atoms with van der Waals surface area (Å²) < 4.78 is 5.79. The number of anilines is 2. The lowest BCUT2D eigenvalue weighted by Crippen LogP contribution is -2.09. The summed E-state index contributed by atoms with van der Waals surface area (Å²) in [4.78, 5) is 32.1. The molecule has 9 heteroatoms. The molecule has 3 rings (SSSR count). The zero-order chi connectivity index (χ0) is 21.0. The third-order valence-electron chi connectivity index (χ3n) is 4.00. The molecule has 2 aromatic heterocycles. The van der Waals surface area contributed by atoms with Crippen molar-refractivity contribution in [2.24, 2.45) is 0 Å². The summed E-state index contributed by atoms with van der Waals surface area (Å²) in [5.74, 6) is -0.275. The van der Waals surface area contributed by atoms with E-state index < -0.39 is 11.9 Å². The molecule has 0 bridgehead atoms. The van der Waals surface area contributed by atoms with Gasteiger partial charge in [-0.3, -0.25) is 9.59 Å². The molecule has 0 saturated heterocycles. The lowest BCUT2D eigenvalue weighted by Gasteiger charge is -2.15. The maximum atomic E-state index is 11.3. The van der Waals surface area contributed by atoms with E-state index in [1.54, 1.807) is 30.3 Å². The Bertz CT molecular complexity index is 1050. The first-order chi connectivity index (χ1) is 13.8. The summed E-state index contributed by atoms with van der Waals surface area (Å²) in [5.41, 5.74) is 2.74. The van der Waals surface area contributed by atoms with Gasteiger partial charge < -0.3 is 15.2 Å². The Kier molecular flexibility index (Phi) is 6.46. The summed E-state index contributed by atoms with van der Waals surface area (Å²) in [6, 6.07) is 10.6. The number of carboxylic acids is 1. The third-order valence-corrected chi connectivity index (χ3v) is 5.23. The lowest BCUT2D eigenvalue weighted by molar-refractivity contribution is -0.142. The van der Waals surface area contributed by atoms with Crippen molar-refractivity contribution in [3.63, 3.8) is 0 Å². The van der Waals surface area contributed by atoms with Crippen molar-refractivity contribution < 1.29 is 19.4 Å². The Labute approximate surface area is 176 Å². The van der Waals surface area contributed by atoms with Crippen LogP contribution in [-0.4, -0.2) is 27.0 Å². The van der Waals surface area contributed by atoms with Gasteiger partial charge >= 0.3 is 11.9 Å². The molecule has 1 aromatic carbocycles. The smallest absolute Gasteiger partial charge is 0.307 e. The number of carbonyl (C=O) groups is 2. The van der Waals surface area contributed by atoms with Gasteiger partial charge in [-0.25, -0.2) is 9.97 Å². The molecule has 0 aliphatic rings. The van der Waals surface area contributed by atoms with Gasteiger partial charge in [0.2, 0.25) is 0 Å². The summed E-state index contributed by atoms with van der Waals surface area (Å²) in [7, 11) is 0. The quantitative estimate of drug-likeness (QED) is 0.527. The van der Waals surface area contributed by atoms with E-state index in [0.717, 1.165) is 10.6 Å². The second-order valence-corrected chi connectivity index (χ2v) is 7.95. The van der Waals surface area contributed by atoms with Crippen molar-refractivity contribution in [3.05, 3.63) is 57.6 Å². The van der Waals surface area contributed by atoms with Gasteiger partial charge in [-0.05, 0) is 36.8 Å².